The molecule has 0 atom stereocenters. The average molecular weight is 397 g/mol. The fourth-order valence-corrected chi connectivity index (χ4v) is 3.73. The lowest BCUT2D eigenvalue weighted by atomic mass is 10.0. The molecular weight excluding hydrogens is 381 g/mol. The third-order valence-corrected chi connectivity index (χ3v) is 5.18. The molecule has 0 radical (unpaired) electrons. The van der Waals surface area contributed by atoms with Crippen LogP contribution in [0.5, 0.6) is 5.75 Å². The second kappa shape index (κ2) is 7.40. The zero-order valence-electron chi connectivity index (χ0n) is 14.9. The molecule has 0 saturated heterocycles. The van der Waals surface area contributed by atoms with E-state index in [1.165, 1.54) is 36.6 Å². The molecule has 0 unspecified atom stereocenters. The van der Waals surface area contributed by atoms with Crippen molar-refractivity contribution in [2.45, 2.75) is 12.8 Å². The minimum atomic E-state index is -0.393. The number of aromatic nitrogens is 1. The molecule has 8 heteroatoms. The number of carbonyl (C=O) groups excluding carboxylic acids is 2. The molecule has 0 fully saturated rings. The van der Waals surface area contributed by atoms with Crippen molar-refractivity contribution in [3.63, 3.8) is 0 Å². The van der Waals surface area contributed by atoms with E-state index in [0.717, 1.165) is 11.3 Å². The van der Waals surface area contributed by atoms with Crippen LogP contribution in [-0.4, -0.2) is 23.9 Å². The number of anilines is 2. The van der Waals surface area contributed by atoms with Gasteiger partial charge in [0.2, 0.25) is 5.91 Å². The van der Waals surface area contributed by atoms with E-state index >= 15 is 0 Å². The number of carbonyl (C=O) groups is 2. The smallest absolute Gasteiger partial charge is 0.257 e. The molecule has 2 heterocycles. The van der Waals surface area contributed by atoms with Crippen molar-refractivity contribution in [3.05, 3.63) is 58.7 Å². The first-order valence-electron chi connectivity index (χ1n) is 8.57. The van der Waals surface area contributed by atoms with Crippen molar-refractivity contribution in [2.75, 3.05) is 17.7 Å². The van der Waals surface area contributed by atoms with Crippen LogP contribution in [0.4, 0.5) is 15.2 Å². The Hall–Kier alpha value is -3.26. The van der Waals surface area contributed by atoms with E-state index in [9.17, 15) is 14.0 Å². The van der Waals surface area contributed by atoms with Crippen LogP contribution in [0.25, 0.3) is 11.3 Å². The average Bonchev–Trinajstić information content (AvgIpc) is 3.15. The van der Waals surface area contributed by atoms with E-state index in [2.05, 4.69) is 15.6 Å². The normalized spacial score (nSPS) is 12.9. The van der Waals surface area contributed by atoms with Crippen molar-refractivity contribution in [1.29, 1.82) is 0 Å². The van der Waals surface area contributed by atoms with Crippen molar-refractivity contribution in [1.82, 2.24) is 4.98 Å². The molecule has 1 aromatic heterocycles. The Morgan fingerprint density at radius 1 is 1.25 bits per heavy atom. The molecule has 0 aliphatic carbocycles. The van der Waals surface area contributed by atoms with Gasteiger partial charge in [0.1, 0.15) is 11.6 Å². The lowest BCUT2D eigenvalue weighted by Crippen LogP contribution is -2.20. The number of nitrogens with one attached hydrogen (secondary N) is 2. The van der Waals surface area contributed by atoms with E-state index in [1.807, 2.05) is 0 Å². The number of methoxy groups -OCH3 is 1. The number of rotatable bonds is 4. The number of halogens is 1. The molecule has 1 aliphatic rings. The van der Waals surface area contributed by atoms with Gasteiger partial charge in [0.05, 0.1) is 12.8 Å². The van der Waals surface area contributed by atoms with Crippen LogP contribution in [0.15, 0.2) is 41.8 Å². The number of amides is 2. The second-order valence-corrected chi connectivity index (χ2v) is 7.11. The summed E-state index contributed by atoms with van der Waals surface area (Å²) in [5, 5.41) is 7.68. The molecule has 0 bridgehead atoms. The predicted octanol–water partition coefficient (Wildman–Crippen LogP) is 4.09. The predicted molar refractivity (Wildman–Crippen MR) is 105 cm³/mol. The van der Waals surface area contributed by atoms with Gasteiger partial charge in [-0.15, -0.1) is 11.3 Å². The van der Waals surface area contributed by atoms with Gasteiger partial charge < -0.3 is 10.1 Å². The SMILES string of the molecule is COc1ccc(F)cc1-c1csc(NC(=O)c2ccc3c(c2)CCC(=O)N3)n1. The van der Waals surface area contributed by atoms with Crippen LogP contribution >= 0.6 is 11.3 Å². The zero-order chi connectivity index (χ0) is 19.7. The third kappa shape index (κ3) is 3.59. The van der Waals surface area contributed by atoms with Crippen LogP contribution < -0.4 is 15.4 Å². The summed E-state index contributed by atoms with van der Waals surface area (Å²) in [7, 11) is 1.50. The molecule has 0 saturated carbocycles. The van der Waals surface area contributed by atoms with Gasteiger partial charge in [-0.3, -0.25) is 14.9 Å². The van der Waals surface area contributed by atoms with Crippen molar-refractivity contribution in [3.8, 4) is 17.0 Å². The highest BCUT2D eigenvalue weighted by Gasteiger charge is 2.18. The van der Waals surface area contributed by atoms with Crippen LogP contribution in [0, 0.1) is 5.82 Å². The lowest BCUT2D eigenvalue weighted by molar-refractivity contribution is -0.116. The number of ether oxygens (including phenoxy) is 1. The summed E-state index contributed by atoms with van der Waals surface area (Å²) in [6.07, 6.45) is 1.01. The number of aryl methyl sites for hydroxylation is 1. The quantitative estimate of drug-likeness (QED) is 0.695. The Morgan fingerprint density at radius 2 is 2.11 bits per heavy atom. The molecule has 28 heavy (non-hydrogen) atoms. The maximum absolute atomic E-state index is 13.6. The summed E-state index contributed by atoms with van der Waals surface area (Å²) in [6.45, 7) is 0. The molecule has 3 aromatic rings. The summed E-state index contributed by atoms with van der Waals surface area (Å²) < 4.78 is 18.8. The summed E-state index contributed by atoms with van der Waals surface area (Å²) in [4.78, 5) is 28.4. The molecule has 1 aliphatic heterocycles. The van der Waals surface area contributed by atoms with Gasteiger partial charge in [0.25, 0.3) is 5.91 Å². The minimum absolute atomic E-state index is 0.0206. The Balaban J connectivity index is 1.54. The van der Waals surface area contributed by atoms with Gasteiger partial charge in [-0.1, -0.05) is 0 Å². The molecule has 142 valence electrons. The summed E-state index contributed by atoms with van der Waals surface area (Å²) in [6, 6.07) is 9.35. The van der Waals surface area contributed by atoms with E-state index < -0.39 is 5.82 Å². The van der Waals surface area contributed by atoms with Crippen molar-refractivity contribution < 1.29 is 18.7 Å². The van der Waals surface area contributed by atoms with E-state index in [1.54, 1.807) is 23.6 Å². The zero-order valence-corrected chi connectivity index (χ0v) is 15.7. The number of hydrogen-bond donors (Lipinski definition) is 2. The van der Waals surface area contributed by atoms with Gasteiger partial charge in [-0.25, -0.2) is 9.37 Å². The summed E-state index contributed by atoms with van der Waals surface area (Å²) in [5.74, 6) is -0.212. The maximum Gasteiger partial charge on any atom is 0.257 e. The van der Waals surface area contributed by atoms with E-state index in [4.69, 9.17) is 4.74 Å². The highest BCUT2D eigenvalue weighted by molar-refractivity contribution is 7.14. The number of hydrogen-bond acceptors (Lipinski definition) is 5. The Bertz CT molecular complexity index is 1080. The van der Waals surface area contributed by atoms with E-state index in [-0.39, 0.29) is 11.8 Å². The molecule has 2 N–H and O–H groups in total. The first kappa shape index (κ1) is 18.1. The molecule has 0 spiro atoms. The first-order chi connectivity index (χ1) is 13.5. The molecule has 4 rings (SSSR count). The number of nitrogens with zero attached hydrogens (tertiary/aromatic N) is 1. The van der Waals surface area contributed by atoms with Crippen LogP contribution in [0.3, 0.4) is 0 Å². The van der Waals surface area contributed by atoms with Crippen molar-refractivity contribution in [2.24, 2.45) is 0 Å². The highest BCUT2D eigenvalue weighted by Crippen LogP contribution is 2.33. The van der Waals surface area contributed by atoms with Crippen LogP contribution in [0.2, 0.25) is 0 Å². The van der Waals surface area contributed by atoms with E-state index in [0.29, 0.717) is 40.5 Å². The third-order valence-electron chi connectivity index (χ3n) is 4.43. The fourth-order valence-electron chi connectivity index (χ4n) is 3.03. The minimum Gasteiger partial charge on any atom is -0.496 e. The van der Waals surface area contributed by atoms with Gasteiger partial charge >= 0.3 is 0 Å². The monoisotopic (exact) mass is 397 g/mol. The van der Waals surface area contributed by atoms with Gasteiger partial charge in [0, 0.05) is 28.6 Å². The topological polar surface area (TPSA) is 80.3 Å². The molecule has 6 nitrogen and oxygen atoms in total. The lowest BCUT2D eigenvalue weighted by Gasteiger charge is -2.17. The van der Waals surface area contributed by atoms with Crippen LogP contribution in [-0.2, 0) is 11.2 Å². The highest BCUT2D eigenvalue weighted by atomic mass is 32.1. The standard InChI is InChI=1S/C20H16FN3O3S/c1-27-17-6-4-13(21)9-14(17)16-10-28-20(23-16)24-19(26)12-2-5-15-11(8-12)3-7-18(25)22-15/h2,4-6,8-10H,3,7H2,1H3,(H,22,25)(H,23,24,26). The second-order valence-electron chi connectivity index (χ2n) is 6.26. The summed E-state index contributed by atoms with van der Waals surface area (Å²) >= 11 is 1.24. The Labute approximate surface area is 164 Å². The fraction of sp³-hybridized carbons (Fsp3) is 0.150. The largest absolute Gasteiger partial charge is 0.496 e. The van der Waals surface area contributed by atoms with Crippen molar-refractivity contribution >= 4 is 34.0 Å². The molecule has 2 aromatic carbocycles. The van der Waals surface area contributed by atoms with Gasteiger partial charge in [-0.2, -0.15) is 0 Å². The Morgan fingerprint density at radius 3 is 2.93 bits per heavy atom. The Kier molecular flexibility index (Phi) is 4.79. The number of fused-ring (bicyclic) bond motifs is 1. The van der Waals surface area contributed by atoms with Gasteiger partial charge in [0.15, 0.2) is 5.13 Å². The number of benzene rings is 2. The maximum atomic E-state index is 13.6. The molecule has 2 amide bonds. The molecular formula is C20H16FN3O3S. The summed E-state index contributed by atoms with van der Waals surface area (Å²) in [5.41, 5.74) is 3.18. The van der Waals surface area contributed by atoms with Gasteiger partial charge in [-0.05, 0) is 48.4 Å². The van der Waals surface area contributed by atoms with Crippen LogP contribution in [0.1, 0.15) is 22.3 Å². The first-order valence-corrected chi connectivity index (χ1v) is 9.45. The number of thiazole rings is 1.